The zero-order chi connectivity index (χ0) is 4.73. The molecule has 0 radical (unpaired) electrons. The molecule has 0 N–H and O–H groups in total. The fourth-order valence-electron chi connectivity index (χ4n) is 0.529. The van der Waals surface area contributed by atoms with Gasteiger partial charge in [-0.2, -0.15) is 0 Å². The maximum Gasteiger partial charge on any atom is 0.132 e. The lowest BCUT2D eigenvalue weighted by atomic mass is 10.9. The Balaban J connectivity index is 2.51. The van der Waals surface area contributed by atoms with E-state index in [4.69, 9.17) is 0 Å². The minimum Gasteiger partial charge on any atom is -0.300 e. The Labute approximate surface area is 43.0 Å². The van der Waals surface area contributed by atoms with Gasteiger partial charge >= 0.3 is 0 Å². The molecular weight excluding hydrogens is 108 g/mol. The zero-order valence-electron chi connectivity index (χ0n) is 4.06. The van der Waals surface area contributed by atoms with Gasteiger partial charge in [0.1, 0.15) is 5.78 Å². The van der Waals surface area contributed by atoms with Crippen LogP contribution in [0, 0.1) is 0 Å². The van der Waals surface area contributed by atoms with Crippen molar-refractivity contribution in [3.8, 4) is 0 Å². The molecule has 0 heterocycles. The fraction of sp³-hybridized carbons (Fsp3) is 0.667. The Bertz CT molecular complexity index is 80.8. The summed E-state index contributed by atoms with van der Waals surface area (Å²) >= 11 is 0. The van der Waals surface area contributed by atoms with Gasteiger partial charge in [0.2, 0.25) is 0 Å². The van der Waals surface area contributed by atoms with E-state index in [0.717, 1.165) is 20.5 Å². The summed E-state index contributed by atoms with van der Waals surface area (Å²) in [5, 5.41) is 0. The molecule has 0 aromatic rings. The van der Waals surface area contributed by atoms with Crippen molar-refractivity contribution in [3.63, 3.8) is 0 Å². The first-order chi connectivity index (χ1) is 2.73. The van der Waals surface area contributed by atoms with E-state index in [1.807, 2.05) is 0 Å². The molecule has 34 valence electrons. The van der Waals surface area contributed by atoms with E-state index < -0.39 is 0 Å². The maximum atomic E-state index is 10.3. The Morgan fingerprint density at radius 3 is 1.50 bits per heavy atom. The van der Waals surface area contributed by atoms with E-state index in [-0.39, 0.29) is 0 Å². The molecule has 0 amide bonds. The predicted octanol–water partition coefficient (Wildman–Crippen LogP) is -2.12. The zero-order valence-corrected chi connectivity index (χ0v) is 8.06. The van der Waals surface area contributed by atoms with Gasteiger partial charge in [-0.3, -0.25) is 4.79 Å². The van der Waals surface area contributed by atoms with Crippen LogP contribution in [0.2, 0.25) is 11.1 Å². The van der Waals surface area contributed by atoms with Crippen molar-refractivity contribution in [2.45, 2.75) is 11.1 Å². The minimum absolute atomic E-state index is 0.549. The molecule has 3 heteroatoms. The van der Waals surface area contributed by atoms with Crippen molar-refractivity contribution < 1.29 is 4.79 Å². The molecule has 1 aliphatic rings. The van der Waals surface area contributed by atoms with Crippen LogP contribution in [0.1, 0.15) is 0 Å². The summed E-state index contributed by atoms with van der Waals surface area (Å²) in [7, 11) is 2.23. The van der Waals surface area contributed by atoms with Gasteiger partial charge in [-0.05, 0) is 0 Å². The largest absolute Gasteiger partial charge is 0.300 e. The average Bonchev–Trinajstić information content (AvgIpc) is 1.94. The molecule has 1 saturated carbocycles. The van der Waals surface area contributed by atoms with Crippen molar-refractivity contribution in [1.29, 1.82) is 0 Å². The third-order valence-electron chi connectivity index (χ3n) is 1.54. The number of hydrogen-bond acceptors (Lipinski definition) is 1. The van der Waals surface area contributed by atoms with E-state index in [2.05, 4.69) is 0 Å². The Hall–Kier alpha value is 0.104. The lowest BCUT2D eigenvalue weighted by Crippen LogP contribution is -1.61. The molecule has 0 aliphatic heterocycles. The second-order valence-electron chi connectivity index (χ2n) is 1.98. The van der Waals surface area contributed by atoms with Crippen molar-refractivity contribution in [1.82, 2.24) is 0 Å². The Kier molecular flexibility index (Phi) is 0.738. The monoisotopic (exact) mass is 116 g/mol. The number of rotatable bonds is 0. The predicted molar refractivity (Wildman–Crippen MR) is 32.4 cm³/mol. The van der Waals surface area contributed by atoms with Crippen LogP contribution in [0.15, 0.2) is 0 Å². The van der Waals surface area contributed by atoms with Crippen LogP contribution in [-0.4, -0.2) is 26.3 Å². The molecule has 1 nitrogen and oxygen atoms in total. The molecule has 1 rings (SSSR count). The third-order valence-corrected chi connectivity index (χ3v) is 6.01. The normalized spacial score (nSPS) is 44.3. The highest BCUT2D eigenvalue weighted by Crippen LogP contribution is 2.39. The van der Waals surface area contributed by atoms with Crippen LogP contribution in [0.25, 0.3) is 0 Å². The van der Waals surface area contributed by atoms with E-state index in [1.54, 1.807) is 0 Å². The lowest BCUT2D eigenvalue weighted by Gasteiger charge is -1.61. The van der Waals surface area contributed by atoms with Crippen molar-refractivity contribution in [2.24, 2.45) is 0 Å². The molecule has 1 fully saturated rings. The first-order valence-electron chi connectivity index (χ1n) is 2.27. The second-order valence-corrected chi connectivity index (χ2v) is 4.47. The Morgan fingerprint density at radius 1 is 1.33 bits per heavy atom. The lowest BCUT2D eigenvalue weighted by molar-refractivity contribution is -0.109. The van der Waals surface area contributed by atoms with Crippen molar-refractivity contribution >= 4 is 26.3 Å². The smallest absolute Gasteiger partial charge is 0.132 e. The van der Waals surface area contributed by atoms with Crippen LogP contribution in [0.4, 0.5) is 0 Å². The number of Topliss-reactive ketones (excluding diaryl/α,β-unsaturated/α-hetero) is 1. The van der Waals surface area contributed by atoms with Gasteiger partial charge in [-0.1, -0.05) is 0 Å². The number of hydrogen-bond donors (Lipinski definition) is 0. The van der Waals surface area contributed by atoms with Gasteiger partial charge in [0, 0.05) is 31.6 Å². The number of carbonyl (C=O) groups excluding carboxylic acids is 1. The SMILES string of the molecule is O=C1C([SiH3])C1[SiH3]. The van der Waals surface area contributed by atoms with E-state index in [9.17, 15) is 4.79 Å². The van der Waals surface area contributed by atoms with Gasteiger partial charge in [0.15, 0.2) is 0 Å². The maximum absolute atomic E-state index is 10.3. The summed E-state index contributed by atoms with van der Waals surface area (Å²) < 4.78 is 0. The quantitative estimate of drug-likeness (QED) is 0.331. The molecule has 1 aliphatic carbocycles. The van der Waals surface area contributed by atoms with Gasteiger partial charge in [-0.25, -0.2) is 0 Å². The minimum atomic E-state index is 0.549. The van der Waals surface area contributed by atoms with Crippen molar-refractivity contribution in [3.05, 3.63) is 0 Å². The second kappa shape index (κ2) is 1.04. The first kappa shape index (κ1) is 4.27. The summed E-state index contributed by atoms with van der Waals surface area (Å²) in [6, 6.07) is 0. The highest BCUT2D eigenvalue weighted by atomic mass is 28.2. The van der Waals surface area contributed by atoms with Gasteiger partial charge in [0.05, 0.1) is 0 Å². The van der Waals surface area contributed by atoms with Crippen LogP contribution in [0.5, 0.6) is 0 Å². The van der Waals surface area contributed by atoms with Gasteiger partial charge in [0.25, 0.3) is 0 Å². The highest BCUT2D eigenvalue weighted by Gasteiger charge is 2.39. The van der Waals surface area contributed by atoms with Crippen LogP contribution in [0.3, 0.4) is 0 Å². The van der Waals surface area contributed by atoms with E-state index in [1.165, 1.54) is 0 Å². The number of carbonyl (C=O) groups is 1. The fourth-order valence-corrected chi connectivity index (χ4v) is 2.52. The molecular formula is C3H8OSi2. The molecule has 6 heavy (non-hydrogen) atoms. The first-order valence-corrected chi connectivity index (χ1v) is 4.58. The number of ketones is 1. The average molecular weight is 116 g/mol. The van der Waals surface area contributed by atoms with Crippen LogP contribution in [-0.2, 0) is 4.79 Å². The summed E-state index contributed by atoms with van der Waals surface area (Å²) in [4.78, 5) is 10.3. The summed E-state index contributed by atoms with van der Waals surface area (Å²) in [5.74, 6) is 0.549. The van der Waals surface area contributed by atoms with E-state index >= 15 is 0 Å². The third kappa shape index (κ3) is 0.387. The summed E-state index contributed by atoms with van der Waals surface area (Å²) in [5.41, 5.74) is 1.16. The van der Waals surface area contributed by atoms with Gasteiger partial charge < -0.3 is 0 Å². The molecule has 0 saturated heterocycles. The van der Waals surface area contributed by atoms with Crippen LogP contribution < -0.4 is 0 Å². The van der Waals surface area contributed by atoms with Crippen LogP contribution >= 0.6 is 0 Å². The van der Waals surface area contributed by atoms with Crippen molar-refractivity contribution in [2.75, 3.05) is 0 Å². The standard InChI is InChI=1S/C3H8OSi2/c4-1-2(5)3(1)6/h2-3H,5-6H3. The topological polar surface area (TPSA) is 17.1 Å². The summed E-state index contributed by atoms with van der Waals surface area (Å²) in [6.07, 6.45) is 0. The summed E-state index contributed by atoms with van der Waals surface area (Å²) in [6.45, 7) is 0. The molecule has 0 aromatic carbocycles. The highest BCUT2D eigenvalue weighted by molar-refractivity contribution is 6.49. The molecule has 2 unspecified atom stereocenters. The molecule has 2 atom stereocenters. The molecule has 0 spiro atoms. The molecule has 0 aromatic heterocycles. The van der Waals surface area contributed by atoms with Gasteiger partial charge in [-0.15, -0.1) is 0 Å². The van der Waals surface area contributed by atoms with E-state index in [0.29, 0.717) is 16.9 Å². The molecule has 0 bridgehead atoms. The Morgan fingerprint density at radius 2 is 1.50 bits per heavy atom.